The van der Waals surface area contributed by atoms with Gasteiger partial charge in [-0.05, 0) is 133 Å². The predicted molar refractivity (Wildman–Crippen MR) is 152 cm³/mol. The maximum atomic E-state index is 2.84. The van der Waals surface area contributed by atoms with Crippen molar-refractivity contribution in [2.75, 3.05) is 0 Å². The molecule has 0 bridgehead atoms. The normalized spacial score (nSPS) is 51.8. The molecule has 0 aromatic heterocycles. The van der Waals surface area contributed by atoms with E-state index < -0.39 is 0 Å². The lowest BCUT2D eigenvalue weighted by atomic mass is 9.32. The Hall–Kier alpha value is 0. The summed E-state index contributed by atoms with van der Waals surface area (Å²) >= 11 is 0. The lowest BCUT2D eigenvalue weighted by molar-refractivity contribution is -0.241. The molecule has 0 heteroatoms. The molecule has 0 aromatic carbocycles. The summed E-state index contributed by atoms with van der Waals surface area (Å²) in [6.45, 7) is 23.9. The molecule has 202 valence electrons. The van der Waals surface area contributed by atoms with E-state index in [0.29, 0.717) is 27.1 Å². The van der Waals surface area contributed by atoms with Gasteiger partial charge in [0.2, 0.25) is 0 Å². The second-order valence-electron chi connectivity index (χ2n) is 17.1. The van der Waals surface area contributed by atoms with Crippen molar-refractivity contribution in [3.63, 3.8) is 0 Å². The molecule has 10 atom stereocenters. The van der Waals surface area contributed by atoms with Crippen LogP contribution in [0.15, 0.2) is 0 Å². The van der Waals surface area contributed by atoms with Gasteiger partial charge in [-0.3, -0.25) is 0 Å². The van der Waals surface area contributed by atoms with Gasteiger partial charge in [0.25, 0.3) is 0 Å². The van der Waals surface area contributed by atoms with E-state index in [9.17, 15) is 0 Å². The average Bonchev–Trinajstić information content (AvgIpc) is 3.10. The second-order valence-corrected chi connectivity index (χ2v) is 17.1. The zero-order chi connectivity index (χ0) is 25.4. The second kappa shape index (κ2) is 8.76. The third kappa shape index (κ3) is 3.78. The number of rotatable bonds is 5. The largest absolute Gasteiger partial charge is 0.0628 e. The summed E-state index contributed by atoms with van der Waals surface area (Å²) < 4.78 is 0. The van der Waals surface area contributed by atoms with Crippen LogP contribution in [0, 0.1) is 68.5 Å². The molecular formula is C35H62. The van der Waals surface area contributed by atoms with Gasteiger partial charge < -0.3 is 0 Å². The maximum Gasteiger partial charge on any atom is -0.0235 e. The zero-order valence-electron chi connectivity index (χ0n) is 25.4. The van der Waals surface area contributed by atoms with Crippen molar-refractivity contribution in [2.24, 2.45) is 68.5 Å². The molecule has 0 radical (unpaired) electrons. The lowest BCUT2D eigenvalue weighted by Crippen LogP contribution is -2.65. The number of hydrogen-bond acceptors (Lipinski definition) is 0. The standard InChI is InChI=1S/C35H62/c1-24(2)12-10-13-25(3)26-16-21-32(6)27(26)17-22-34(8)29(32)14-15-30-33(7)20-11-19-31(4,5)28(33)18-23-35(30,34)9/h24-30H,10-23H2,1-9H3/t25?,26-,27?,28?,29?,30?,32-,33?,34?,35?/m0/s1. The highest BCUT2D eigenvalue weighted by molar-refractivity contribution is 5.19. The van der Waals surface area contributed by atoms with Crippen molar-refractivity contribution in [1.82, 2.24) is 0 Å². The maximum absolute atomic E-state index is 2.84. The minimum absolute atomic E-state index is 0.556. The molecule has 0 spiro atoms. The van der Waals surface area contributed by atoms with Gasteiger partial charge in [0.05, 0.1) is 0 Å². The Morgan fingerprint density at radius 1 is 0.600 bits per heavy atom. The van der Waals surface area contributed by atoms with Gasteiger partial charge >= 0.3 is 0 Å². The number of hydrogen-bond donors (Lipinski definition) is 0. The van der Waals surface area contributed by atoms with Crippen LogP contribution in [0.1, 0.15) is 152 Å². The Kier molecular flexibility index (Phi) is 6.66. The molecule has 35 heavy (non-hydrogen) atoms. The monoisotopic (exact) mass is 482 g/mol. The molecule has 0 heterocycles. The van der Waals surface area contributed by atoms with Gasteiger partial charge in [-0.25, -0.2) is 0 Å². The third-order valence-electron chi connectivity index (χ3n) is 14.9. The van der Waals surface area contributed by atoms with Crippen LogP contribution in [-0.2, 0) is 0 Å². The SMILES string of the molecule is CC(C)CCCC(C)[C@@H]1CC[C@@]2(C)C1CCC1(C)C2CCC2C3(C)CCCC(C)(C)C3CCC21C. The fourth-order valence-electron chi connectivity index (χ4n) is 13.1. The summed E-state index contributed by atoms with van der Waals surface area (Å²) in [6.07, 6.45) is 21.1. The smallest absolute Gasteiger partial charge is 0.0235 e. The quantitative estimate of drug-likeness (QED) is 0.365. The fourth-order valence-corrected chi connectivity index (χ4v) is 13.1. The van der Waals surface area contributed by atoms with E-state index in [1.807, 2.05) is 0 Å². The lowest BCUT2D eigenvalue weighted by Gasteiger charge is -2.73. The van der Waals surface area contributed by atoms with E-state index in [1.165, 1.54) is 83.5 Å². The van der Waals surface area contributed by atoms with Crippen molar-refractivity contribution in [3.8, 4) is 0 Å². The Labute approximate surface area is 220 Å². The van der Waals surface area contributed by atoms with E-state index in [1.54, 1.807) is 6.42 Å². The van der Waals surface area contributed by atoms with E-state index in [4.69, 9.17) is 0 Å². The molecule has 0 amide bonds. The Morgan fingerprint density at radius 3 is 1.89 bits per heavy atom. The van der Waals surface area contributed by atoms with Crippen LogP contribution in [0.5, 0.6) is 0 Å². The molecule has 5 aliphatic carbocycles. The van der Waals surface area contributed by atoms with Crippen LogP contribution >= 0.6 is 0 Å². The molecular weight excluding hydrogens is 420 g/mol. The van der Waals surface area contributed by atoms with Crippen molar-refractivity contribution in [2.45, 2.75) is 152 Å². The highest BCUT2D eigenvalue weighted by atomic mass is 14.7. The van der Waals surface area contributed by atoms with Gasteiger partial charge in [0.1, 0.15) is 0 Å². The molecule has 0 saturated heterocycles. The molecule has 0 aromatic rings. The van der Waals surface area contributed by atoms with E-state index >= 15 is 0 Å². The van der Waals surface area contributed by atoms with Gasteiger partial charge in [0.15, 0.2) is 0 Å². The third-order valence-corrected chi connectivity index (χ3v) is 14.9. The van der Waals surface area contributed by atoms with Crippen molar-refractivity contribution < 1.29 is 0 Å². The van der Waals surface area contributed by atoms with E-state index in [0.717, 1.165) is 41.4 Å². The van der Waals surface area contributed by atoms with Crippen LogP contribution < -0.4 is 0 Å². The van der Waals surface area contributed by atoms with E-state index in [-0.39, 0.29) is 0 Å². The van der Waals surface area contributed by atoms with Crippen molar-refractivity contribution >= 4 is 0 Å². The topological polar surface area (TPSA) is 0 Å². The molecule has 0 aliphatic heterocycles. The first-order valence-electron chi connectivity index (χ1n) is 16.3. The molecule has 5 saturated carbocycles. The first-order valence-corrected chi connectivity index (χ1v) is 16.3. The van der Waals surface area contributed by atoms with Gasteiger partial charge in [-0.1, -0.05) is 88.0 Å². The molecule has 8 unspecified atom stereocenters. The van der Waals surface area contributed by atoms with Crippen LogP contribution in [0.4, 0.5) is 0 Å². The van der Waals surface area contributed by atoms with Crippen molar-refractivity contribution in [3.05, 3.63) is 0 Å². The Bertz CT molecular complexity index is 777. The highest BCUT2D eigenvalue weighted by Gasteiger charge is 2.70. The summed E-state index contributed by atoms with van der Waals surface area (Å²) in [7, 11) is 0. The Morgan fingerprint density at radius 2 is 1.23 bits per heavy atom. The molecule has 5 aliphatic rings. The van der Waals surface area contributed by atoms with Gasteiger partial charge in [-0.2, -0.15) is 0 Å². The Balaban J connectivity index is 1.39. The van der Waals surface area contributed by atoms with E-state index in [2.05, 4.69) is 62.3 Å². The number of fused-ring (bicyclic) bond motifs is 7. The van der Waals surface area contributed by atoms with Crippen LogP contribution in [0.2, 0.25) is 0 Å². The zero-order valence-corrected chi connectivity index (χ0v) is 25.4. The van der Waals surface area contributed by atoms with Crippen molar-refractivity contribution in [1.29, 1.82) is 0 Å². The summed E-state index contributed by atoms with van der Waals surface area (Å²) in [4.78, 5) is 0. The molecule has 5 rings (SSSR count). The summed E-state index contributed by atoms with van der Waals surface area (Å²) in [5, 5.41) is 0. The van der Waals surface area contributed by atoms with Crippen LogP contribution in [0.25, 0.3) is 0 Å². The minimum atomic E-state index is 0.556. The summed E-state index contributed by atoms with van der Waals surface area (Å²) in [6, 6.07) is 0. The highest BCUT2D eigenvalue weighted by Crippen LogP contribution is 2.78. The molecule has 0 nitrogen and oxygen atoms in total. The molecule has 0 N–H and O–H groups in total. The van der Waals surface area contributed by atoms with Crippen LogP contribution in [-0.4, -0.2) is 0 Å². The summed E-state index contributed by atoms with van der Waals surface area (Å²) in [5.74, 6) is 6.72. The molecule has 5 fully saturated rings. The first-order chi connectivity index (χ1) is 16.3. The first kappa shape index (κ1) is 26.6. The van der Waals surface area contributed by atoms with Gasteiger partial charge in [0, 0.05) is 0 Å². The summed E-state index contributed by atoms with van der Waals surface area (Å²) in [5.41, 5.74) is 2.88. The minimum Gasteiger partial charge on any atom is -0.0628 e. The fraction of sp³-hybridized carbons (Fsp3) is 1.00. The van der Waals surface area contributed by atoms with Crippen LogP contribution in [0.3, 0.4) is 0 Å². The average molecular weight is 483 g/mol. The van der Waals surface area contributed by atoms with Gasteiger partial charge in [-0.15, -0.1) is 0 Å². The predicted octanol–water partition coefficient (Wildman–Crippen LogP) is 10.9.